The Kier molecular flexibility index (Phi) is 17.6. The molecule has 5 heterocycles. The zero-order chi connectivity index (χ0) is 62.9. The van der Waals surface area contributed by atoms with E-state index in [1.165, 1.54) is 25.2 Å². The smallest absolute Gasteiger partial charge is 0.330 e. The maximum Gasteiger partial charge on any atom is 0.330 e. The minimum absolute atomic E-state index is 0.0435. The van der Waals surface area contributed by atoms with Gasteiger partial charge in [-0.25, -0.2) is 9.79 Å². The average Bonchev–Trinajstić information content (AvgIpc) is 1.35. The van der Waals surface area contributed by atoms with E-state index in [0.717, 1.165) is 60.7 Å². The van der Waals surface area contributed by atoms with Crippen LogP contribution in [0.15, 0.2) is 108 Å². The standard InChI is InChI=1S/C57H53Cl2N11O17/c1-63-32(12-21-3-2-4-26(11-21)64-57(61)62)50(78)69-45-47(75)23-6-9-36(30(58)14-23)86-38-16-25-17-39(49(38)77)87-37-10-7-24(15-31(37)59)48(76)46-55(83)68-44(56(84)85)29-18-27(71)19-35(73)41(29)28-13-22(5-8-34(28)72)42(52(80)70-46)67-53(81)43(25)66-51(79)33(20-40(60)74)65-54(45)82/h2-11,13-19,32-33,42-48,63,71-73,75-77H,12,20H2,1H3,(H2,60,74)(H,65,82)(H,66,79)(H,67,81)(H,68,83)(H,69,78)(H,70,80)(H,84,85)(H4,61,62,64)/t32-,33+,42-,43-,44+,45-,46+,47-,48-/m1/s1. The van der Waals surface area contributed by atoms with Gasteiger partial charge in [0.1, 0.15) is 71.2 Å². The van der Waals surface area contributed by atoms with Gasteiger partial charge >= 0.3 is 5.97 Å². The average molecular weight is 1240 g/mol. The van der Waals surface area contributed by atoms with Crippen molar-refractivity contribution >= 4 is 82.2 Å². The molecule has 30 heteroatoms. The Bertz CT molecular complexity index is 3870. The van der Waals surface area contributed by atoms with Gasteiger partial charge in [0.15, 0.2) is 23.5 Å². The molecule has 11 bridgehead atoms. The summed E-state index contributed by atoms with van der Waals surface area (Å²) >= 11 is 13.6. The minimum Gasteiger partial charge on any atom is -0.508 e. The van der Waals surface area contributed by atoms with Gasteiger partial charge in [-0.15, -0.1) is 0 Å². The van der Waals surface area contributed by atoms with Gasteiger partial charge in [-0.1, -0.05) is 53.5 Å². The van der Waals surface area contributed by atoms with Gasteiger partial charge in [-0.3, -0.25) is 33.6 Å². The number of primary amides is 1. The number of aromatic hydroxyl groups is 4. The summed E-state index contributed by atoms with van der Waals surface area (Å²) in [4.78, 5) is 119. The summed E-state index contributed by atoms with van der Waals surface area (Å²) < 4.78 is 12.3. The van der Waals surface area contributed by atoms with Crippen molar-refractivity contribution in [1.82, 2.24) is 37.2 Å². The van der Waals surface area contributed by atoms with Gasteiger partial charge in [-0.05, 0) is 108 Å². The number of nitrogens with two attached hydrogens (primary N) is 3. The fourth-order valence-electron chi connectivity index (χ4n) is 9.98. The van der Waals surface area contributed by atoms with Crippen molar-refractivity contribution < 1.29 is 83.6 Å². The van der Waals surface area contributed by atoms with E-state index in [1.54, 1.807) is 24.3 Å². The molecule has 0 spiro atoms. The SMILES string of the molecule is CN[C@H](Cc1cccc(N=C(N)N)c1)C(=O)N[C@H]1C(=O)N[C@@H](CC(N)=O)C(=O)N[C@H]2C(=O)N[C@H]3C(=O)N[C@H](C(=O)N[C@H](C(=O)O)c4cc(O)cc(O)c4-c4cc3ccc4O)[C@H](O)c3ccc(c(Cl)c3)Oc3cc2cc(c3O)Oc2ccc(cc2Cl)[C@H]1O. The molecule has 0 radical (unpaired) electrons. The highest BCUT2D eigenvalue weighted by molar-refractivity contribution is 6.32. The fourth-order valence-corrected chi connectivity index (χ4v) is 10.4. The van der Waals surface area contributed by atoms with Crippen LogP contribution < -0.4 is 63.9 Å². The molecule has 6 aromatic rings. The number of phenols is 4. The summed E-state index contributed by atoms with van der Waals surface area (Å²) in [6, 6.07) is 6.40. The molecule has 28 nitrogen and oxygen atoms in total. The van der Waals surface area contributed by atoms with Gasteiger partial charge in [0, 0.05) is 22.8 Å². The Balaban J connectivity index is 1.21. The number of halogens is 2. The molecule has 452 valence electrons. The maximum absolute atomic E-state index is 15.5. The lowest BCUT2D eigenvalue weighted by atomic mass is 9.89. The van der Waals surface area contributed by atoms with Gasteiger partial charge < -0.3 is 99.6 Å². The lowest BCUT2D eigenvalue weighted by Crippen LogP contribution is -2.59. The highest BCUT2D eigenvalue weighted by atomic mass is 35.5. The van der Waals surface area contributed by atoms with E-state index in [2.05, 4.69) is 42.2 Å². The number of amides is 7. The Morgan fingerprint density at radius 3 is 1.86 bits per heavy atom. The zero-order valence-corrected chi connectivity index (χ0v) is 46.6. The number of guanidine groups is 1. The number of hydrogen-bond acceptors (Lipinski definition) is 18. The Morgan fingerprint density at radius 1 is 0.644 bits per heavy atom. The molecule has 9 atom stereocenters. The lowest BCUT2D eigenvalue weighted by Gasteiger charge is -2.31. The number of carbonyl (C=O) groups is 8. The molecule has 6 aromatic carbocycles. The molecule has 7 amide bonds. The van der Waals surface area contributed by atoms with Crippen LogP contribution in [0.25, 0.3) is 11.1 Å². The predicted molar refractivity (Wildman–Crippen MR) is 306 cm³/mol. The predicted octanol–water partition coefficient (Wildman–Crippen LogP) is 1.50. The van der Waals surface area contributed by atoms with E-state index in [-0.39, 0.29) is 56.2 Å². The quantitative estimate of drug-likeness (QED) is 0.0720. The molecule has 5 aliphatic rings. The fraction of sp³-hybridized carbons (Fsp3) is 0.211. The van der Waals surface area contributed by atoms with Crippen LogP contribution in [0, 0.1) is 0 Å². The first kappa shape index (κ1) is 61.2. The van der Waals surface area contributed by atoms with Crippen LogP contribution in [0.1, 0.15) is 70.1 Å². The molecule has 0 unspecified atom stereocenters. The minimum atomic E-state index is -2.21. The largest absolute Gasteiger partial charge is 0.508 e. The number of nitrogens with one attached hydrogen (secondary N) is 7. The summed E-state index contributed by atoms with van der Waals surface area (Å²) in [6.45, 7) is 0. The van der Waals surface area contributed by atoms with Crippen molar-refractivity contribution in [2.24, 2.45) is 22.2 Å². The second-order valence-electron chi connectivity index (χ2n) is 20.2. The number of carboxylic acids is 1. The summed E-state index contributed by atoms with van der Waals surface area (Å²) in [6.07, 6.45) is -5.22. The first-order valence-corrected chi connectivity index (χ1v) is 26.8. The van der Waals surface area contributed by atoms with Gasteiger partial charge in [-0.2, -0.15) is 0 Å². The Hall–Kier alpha value is -10.4. The van der Waals surface area contributed by atoms with E-state index >= 15 is 9.59 Å². The molecule has 87 heavy (non-hydrogen) atoms. The second-order valence-corrected chi connectivity index (χ2v) is 21.0. The number of rotatable bonds is 9. The van der Waals surface area contributed by atoms with Crippen LogP contribution in [0.3, 0.4) is 0 Å². The van der Waals surface area contributed by atoms with Crippen LogP contribution in [0.5, 0.6) is 46.0 Å². The number of benzene rings is 6. The topological polar surface area (TPSA) is 471 Å². The number of phenolic OH excluding ortho intramolecular Hbond substituents is 4. The molecule has 0 aliphatic carbocycles. The number of nitrogens with zero attached hydrogens (tertiary/aromatic N) is 1. The van der Waals surface area contributed by atoms with Crippen LogP contribution in [-0.2, 0) is 44.8 Å². The van der Waals surface area contributed by atoms with Gasteiger partial charge in [0.05, 0.1) is 28.2 Å². The van der Waals surface area contributed by atoms with E-state index in [4.69, 9.17) is 49.9 Å². The molecule has 0 saturated carbocycles. The number of aliphatic carboxylic acids is 1. The monoisotopic (exact) mass is 1230 g/mol. The van der Waals surface area contributed by atoms with Crippen LogP contribution in [-0.4, -0.2) is 120 Å². The lowest BCUT2D eigenvalue weighted by molar-refractivity contribution is -0.143. The third kappa shape index (κ3) is 13.1. The molecule has 0 aromatic heterocycles. The number of aliphatic hydroxyl groups excluding tert-OH is 2. The second kappa shape index (κ2) is 25.1. The Labute approximate surface area is 501 Å². The highest BCUT2D eigenvalue weighted by Gasteiger charge is 2.42. The van der Waals surface area contributed by atoms with Crippen molar-refractivity contribution in [2.75, 3.05) is 7.05 Å². The third-order valence-electron chi connectivity index (χ3n) is 14.2. The molecule has 0 fully saturated rings. The van der Waals surface area contributed by atoms with Crippen molar-refractivity contribution in [3.63, 3.8) is 0 Å². The molecule has 20 N–H and O–H groups in total. The summed E-state index contributed by atoms with van der Waals surface area (Å²) in [5.41, 5.74) is 15.2. The number of aliphatic hydroxyl groups is 2. The van der Waals surface area contributed by atoms with E-state index in [0.29, 0.717) is 11.3 Å². The van der Waals surface area contributed by atoms with Crippen LogP contribution in [0.4, 0.5) is 5.69 Å². The first-order chi connectivity index (χ1) is 41.3. The summed E-state index contributed by atoms with van der Waals surface area (Å²) in [7, 11) is 1.44. The third-order valence-corrected chi connectivity index (χ3v) is 14.8. The van der Waals surface area contributed by atoms with E-state index in [1.807, 2.05) is 0 Å². The Morgan fingerprint density at radius 2 is 1.25 bits per heavy atom. The number of carboxylic acid groups (broad SMARTS) is 1. The van der Waals surface area contributed by atoms with Crippen molar-refractivity contribution in [1.29, 1.82) is 0 Å². The van der Waals surface area contributed by atoms with Crippen molar-refractivity contribution in [2.45, 2.75) is 67.3 Å². The molecule has 11 rings (SSSR count). The number of hydrogen-bond donors (Lipinski definition) is 17. The number of fused-ring (bicyclic) bond motifs is 15. The molecular formula is C57H53Cl2N11O17. The number of ether oxygens (including phenoxy) is 2. The zero-order valence-electron chi connectivity index (χ0n) is 45.1. The number of likely N-dealkylation sites (N-methyl/N-ethyl adjacent to an activating group) is 1. The van der Waals surface area contributed by atoms with Crippen LogP contribution >= 0.6 is 23.2 Å². The normalized spacial score (nSPS) is 21.4. The number of carbonyl (C=O) groups excluding carboxylic acids is 7. The molecular weight excluding hydrogens is 1180 g/mol. The summed E-state index contributed by atoms with van der Waals surface area (Å²) in [5.74, 6) is -15.6. The summed E-state index contributed by atoms with van der Waals surface area (Å²) in [5, 5.41) is 96.5. The molecule has 0 saturated heterocycles. The van der Waals surface area contributed by atoms with Crippen LogP contribution in [0.2, 0.25) is 10.0 Å². The van der Waals surface area contributed by atoms with Gasteiger partial charge in [0.25, 0.3) is 0 Å². The highest BCUT2D eigenvalue weighted by Crippen LogP contribution is 2.48. The van der Waals surface area contributed by atoms with Crippen molar-refractivity contribution in [3.8, 4) is 57.1 Å². The first-order valence-electron chi connectivity index (χ1n) is 26.0. The number of aliphatic imine (C=N–C) groups is 1. The maximum atomic E-state index is 15.5. The van der Waals surface area contributed by atoms with E-state index in [9.17, 15) is 64.5 Å². The van der Waals surface area contributed by atoms with Crippen molar-refractivity contribution in [3.05, 3.63) is 147 Å². The molecule has 5 aliphatic heterocycles. The van der Waals surface area contributed by atoms with Gasteiger partial charge in [0.2, 0.25) is 47.1 Å². The van der Waals surface area contributed by atoms with E-state index < -0.39 is 159 Å².